The topological polar surface area (TPSA) is 29.9 Å². The van der Waals surface area contributed by atoms with Crippen LogP contribution in [0.4, 0.5) is 0 Å². The monoisotopic (exact) mass is 283 g/mol. The molecule has 112 valence electrons. The number of rotatable bonds is 7. The molecule has 1 N–H and O–H groups in total. The highest BCUT2D eigenvalue weighted by molar-refractivity contribution is 5.27. The van der Waals surface area contributed by atoms with Gasteiger partial charge in [0.1, 0.15) is 0 Å². The average Bonchev–Trinajstić information content (AvgIpc) is 3.17. The third-order valence-corrected chi connectivity index (χ3v) is 4.54. The molecule has 2 unspecified atom stereocenters. The standard InChI is InChI=1S/C18H25N3/c1-3-16(4-2)21-11-10-15(20-21)13-19-18-12-17(18)14-8-6-5-7-9-14/h5-11,16-19H,3-4,12-13H2,1-2H3. The predicted octanol–water partition coefficient (Wildman–Crippen LogP) is 3.89. The van der Waals surface area contributed by atoms with Crippen molar-refractivity contribution in [2.75, 3.05) is 0 Å². The lowest BCUT2D eigenvalue weighted by molar-refractivity contribution is 0.424. The van der Waals surface area contributed by atoms with E-state index < -0.39 is 0 Å². The van der Waals surface area contributed by atoms with Crippen molar-refractivity contribution in [1.29, 1.82) is 0 Å². The van der Waals surface area contributed by atoms with E-state index in [0.29, 0.717) is 18.0 Å². The van der Waals surface area contributed by atoms with Crippen molar-refractivity contribution in [3.8, 4) is 0 Å². The van der Waals surface area contributed by atoms with Gasteiger partial charge in [-0.25, -0.2) is 0 Å². The van der Waals surface area contributed by atoms with Crippen molar-refractivity contribution >= 4 is 0 Å². The van der Waals surface area contributed by atoms with E-state index in [-0.39, 0.29) is 0 Å². The molecule has 1 aliphatic carbocycles. The van der Waals surface area contributed by atoms with Gasteiger partial charge in [0, 0.05) is 24.7 Å². The Morgan fingerprint density at radius 1 is 1.19 bits per heavy atom. The fourth-order valence-electron chi connectivity index (χ4n) is 3.06. The maximum absolute atomic E-state index is 4.70. The van der Waals surface area contributed by atoms with Gasteiger partial charge < -0.3 is 5.32 Å². The van der Waals surface area contributed by atoms with Crippen LogP contribution in [0, 0.1) is 0 Å². The van der Waals surface area contributed by atoms with Gasteiger partial charge in [-0.1, -0.05) is 44.2 Å². The van der Waals surface area contributed by atoms with Gasteiger partial charge >= 0.3 is 0 Å². The van der Waals surface area contributed by atoms with Crippen LogP contribution in [0.2, 0.25) is 0 Å². The molecular weight excluding hydrogens is 258 g/mol. The van der Waals surface area contributed by atoms with E-state index in [1.165, 1.54) is 12.0 Å². The fourth-order valence-corrected chi connectivity index (χ4v) is 3.06. The second-order valence-corrected chi connectivity index (χ2v) is 6.00. The Bertz CT molecular complexity index is 557. The number of aromatic nitrogens is 2. The number of benzene rings is 1. The van der Waals surface area contributed by atoms with Crippen molar-refractivity contribution in [3.63, 3.8) is 0 Å². The van der Waals surface area contributed by atoms with Crippen LogP contribution in [0.25, 0.3) is 0 Å². The van der Waals surface area contributed by atoms with Crippen LogP contribution < -0.4 is 5.32 Å². The van der Waals surface area contributed by atoms with Gasteiger partial charge in [-0.3, -0.25) is 4.68 Å². The number of nitrogens with zero attached hydrogens (tertiary/aromatic N) is 2. The van der Waals surface area contributed by atoms with Crippen LogP contribution in [0.15, 0.2) is 42.6 Å². The fraction of sp³-hybridized carbons (Fsp3) is 0.500. The van der Waals surface area contributed by atoms with Crippen LogP contribution in [0.3, 0.4) is 0 Å². The SMILES string of the molecule is CCC(CC)n1ccc(CNC2CC2c2ccccc2)n1. The van der Waals surface area contributed by atoms with Crippen LogP contribution in [0.1, 0.15) is 56.3 Å². The second-order valence-electron chi connectivity index (χ2n) is 6.00. The Morgan fingerprint density at radius 3 is 2.67 bits per heavy atom. The first-order chi connectivity index (χ1) is 10.3. The van der Waals surface area contributed by atoms with Gasteiger partial charge in [0.15, 0.2) is 0 Å². The first kappa shape index (κ1) is 14.3. The zero-order valence-corrected chi connectivity index (χ0v) is 13.0. The summed E-state index contributed by atoms with van der Waals surface area (Å²) in [6, 6.07) is 14.1. The molecule has 3 heteroatoms. The van der Waals surface area contributed by atoms with E-state index in [1.54, 1.807) is 0 Å². The lowest BCUT2D eigenvalue weighted by Gasteiger charge is -2.12. The van der Waals surface area contributed by atoms with Crippen LogP contribution in [0.5, 0.6) is 0 Å². The summed E-state index contributed by atoms with van der Waals surface area (Å²) in [4.78, 5) is 0. The molecule has 1 aromatic carbocycles. The third kappa shape index (κ3) is 3.35. The van der Waals surface area contributed by atoms with Gasteiger partial charge in [0.05, 0.1) is 11.7 Å². The Kier molecular flexibility index (Phi) is 4.39. The molecule has 0 aliphatic heterocycles. The Morgan fingerprint density at radius 2 is 1.95 bits per heavy atom. The molecule has 1 fully saturated rings. The number of nitrogens with one attached hydrogen (secondary N) is 1. The molecule has 0 saturated heterocycles. The highest BCUT2D eigenvalue weighted by Crippen LogP contribution is 2.40. The minimum absolute atomic E-state index is 0.539. The molecule has 2 aromatic rings. The third-order valence-electron chi connectivity index (χ3n) is 4.54. The van der Waals surface area contributed by atoms with Crippen LogP contribution >= 0.6 is 0 Å². The molecule has 1 heterocycles. The first-order valence-electron chi connectivity index (χ1n) is 8.14. The van der Waals surface area contributed by atoms with Gasteiger partial charge in [-0.2, -0.15) is 5.10 Å². The van der Waals surface area contributed by atoms with Crippen molar-refractivity contribution in [2.45, 2.75) is 57.7 Å². The molecule has 1 aliphatic rings. The van der Waals surface area contributed by atoms with E-state index in [4.69, 9.17) is 5.10 Å². The largest absolute Gasteiger partial charge is 0.308 e. The quantitative estimate of drug-likeness (QED) is 0.835. The molecule has 2 atom stereocenters. The summed E-state index contributed by atoms with van der Waals surface area (Å²) in [6.07, 6.45) is 5.65. The molecule has 3 rings (SSSR count). The van der Waals surface area contributed by atoms with Crippen LogP contribution in [-0.2, 0) is 6.54 Å². The maximum Gasteiger partial charge on any atom is 0.0762 e. The Balaban J connectivity index is 1.51. The van der Waals surface area contributed by atoms with Crippen molar-refractivity contribution < 1.29 is 0 Å². The molecular formula is C18H25N3. The maximum atomic E-state index is 4.70. The molecule has 3 nitrogen and oxygen atoms in total. The molecule has 0 amide bonds. The van der Waals surface area contributed by atoms with Gasteiger partial charge in [-0.05, 0) is 30.9 Å². The lowest BCUT2D eigenvalue weighted by atomic mass is 10.1. The minimum atomic E-state index is 0.539. The van der Waals surface area contributed by atoms with E-state index in [0.717, 1.165) is 25.1 Å². The highest BCUT2D eigenvalue weighted by Gasteiger charge is 2.37. The summed E-state index contributed by atoms with van der Waals surface area (Å²) in [5, 5.41) is 8.34. The van der Waals surface area contributed by atoms with Crippen LogP contribution in [-0.4, -0.2) is 15.8 Å². The zero-order valence-electron chi connectivity index (χ0n) is 13.0. The summed E-state index contributed by atoms with van der Waals surface area (Å²) >= 11 is 0. The summed E-state index contributed by atoms with van der Waals surface area (Å²) in [5.74, 6) is 0.687. The van der Waals surface area contributed by atoms with Gasteiger partial charge in [0.2, 0.25) is 0 Å². The van der Waals surface area contributed by atoms with E-state index in [1.807, 2.05) is 0 Å². The molecule has 1 aromatic heterocycles. The van der Waals surface area contributed by atoms with Gasteiger partial charge in [-0.15, -0.1) is 0 Å². The van der Waals surface area contributed by atoms with Crippen molar-refractivity contribution in [2.24, 2.45) is 0 Å². The first-order valence-corrected chi connectivity index (χ1v) is 8.14. The molecule has 0 radical (unpaired) electrons. The lowest BCUT2D eigenvalue weighted by Crippen LogP contribution is -2.18. The molecule has 21 heavy (non-hydrogen) atoms. The van der Waals surface area contributed by atoms with E-state index >= 15 is 0 Å². The summed E-state index contributed by atoms with van der Waals surface area (Å²) < 4.78 is 2.12. The molecule has 0 spiro atoms. The summed E-state index contributed by atoms with van der Waals surface area (Å²) in [6.45, 7) is 5.33. The normalized spacial score (nSPS) is 20.9. The van der Waals surface area contributed by atoms with Gasteiger partial charge in [0.25, 0.3) is 0 Å². The predicted molar refractivity (Wildman–Crippen MR) is 86.3 cm³/mol. The number of hydrogen-bond acceptors (Lipinski definition) is 2. The smallest absolute Gasteiger partial charge is 0.0762 e. The Hall–Kier alpha value is -1.61. The summed E-state index contributed by atoms with van der Waals surface area (Å²) in [5.41, 5.74) is 2.61. The zero-order chi connectivity index (χ0) is 14.7. The molecule has 0 bridgehead atoms. The van der Waals surface area contributed by atoms with Crippen molar-refractivity contribution in [1.82, 2.24) is 15.1 Å². The highest BCUT2D eigenvalue weighted by atomic mass is 15.3. The average molecular weight is 283 g/mol. The summed E-state index contributed by atoms with van der Waals surface area (Å²) in [7, 11) is 0. The minimum Gasteiger partial charge on any atom is -0.308 e. The molecule has 1 saturated carbocycles. The van der Waals surface area contributed by atoms with E-state index in [9.17, 15) is 0 Å². The number of hydrogen-bond donors (Lipinski definition) is 1. The Labute approximate surface area is 127 Å². The second kappa shape index (κ2) is 6.44. The van der Waals surface area contributed by atoms with E-state index in [2.05, 4.69) is 66.4 Å². The van der Waals surface area contributed by atoms with Crippen molar-refractivity contribution in [3.05, 3.63) is 53.9 Å².